The minimum absolute atomic E-state index is 0.376. The van der Waals surface area contributed by atoms with Gasteiger partial charge in [0.2, 0.25) is 5.88 Å². The standard InChI is InChI=1S/C16H16N2OS/c1-3-11-7-8-20-15(11)14-13(16(17)19-18-14)12-6-4-5-10(2)9-12/h4-9H,3,17H2,1-2H3. The molecule has 2 aromatic heterocycles. The highest BCUT2D eigenvalue weighted by Gasteiger charge is 2.20. The third-order valence-electron chi connectivity index (χ3n) is 3.37. The number of benzene rings is 1. The molecule has 102 valence electrons. The molecule has 3 aromatic rings. The first-order chi connectivity index (χ1) is 9.70. The third kappa shape index (κ3) is 2.12. The van der Waals surface area contributed by atoms with Crippen LogP contribution in [0.3, 0.4) is 0 Å². The Morgan fingerprint density at radius 3 is 2.90 bits per heavy atom. The van der Waals surface area contributed by atoms with E-state index < -0.39 is 0 Å². The van der Waals surface area contributed by atoms with Crippen LogP contribution in [-0.2, 0) is 6.42 Å². The summed E-state index contributed by atoms with van der Waals surface area (Å²) in [4.78, 5) is 1.14. The van der Waals surface area contributed by atoms with Gasteiger partial charge in [-0.25, -0.2) is 0 Å². The second-order valence-electron chi connectivity index (χ2n) is 4.77. The van der Waals surface area contributed by atoms with E-state index in [1.165, 1.54) is 11.1 Å². The number of nitrogen functional groups attached to an aromatic ring is 1. The van der Waals surface area contributed by atoms with Crippen molar-refractivity contribution in [1.29, 1.82) is 0 Å². The number of rotatable bonds is 3. The summed E-state index contributed by atoms with van der Waals surface area (Å²) in [6.45, 7) is 4.21. The molecule has 0 fully saturated rings. The lowest BCUT2D eigenvalue weighted by Gasteiger charge is -2.04. The number of thiophene rings is 1. The van der Waals surface area contributed by atoms with Gasteiger partial charge in [0.1, 0.15) is 5.69 Å². The summed E-state index contributed by atoms with van der Waals surface area (Å²) in [5.74, 6) is 0.376. The van der Waals surface area contributed by atoms with E-state index in [-0.39, 0.29) is 0 Å². The topological polar surface area (TPSA) is 52.0 Å². The molecule has 3 nitrogen and oxygen atoms in total. The van der Waals surface area contributed by atoms with E-state index in [0.29, 0.717) is 5.88 Å². The molecule has 0 atom stereocenters. The zero-order valence-corrected chi connectivity index (χ0v) is 12.3. The Labute approximate surface area is 122 Å². The Hall–Kier alpha value is -2.07. The molecule has 0 amide bonds. The molecule has 0 aliphatic carbocycles. The molecular weight excluding hydrogens is 268 g/mol. The molecule has 0 aliphatic rings. The van der Waals surface area contributed by atoms with Crippen molar-refractivity contribution in [2.24, 2.45) is 0 Å². The van der Waals surface area contributed by atoms with Crippen molar-refractivity contribution in [1.82, 2.24) is 5.16 Å². The van der Waals surface area contributed by atoms with Crippen molar-refractivity contribution in [3.63, 3.8) is 0 Å². The fourth-order valence-corrected chi connectivity index (χ4v) is 3.34. The summed E-state index contributed by atoms with van der Waals surface area (Å²) in [5, 5.41) is 6.27. The number of aryl methyl sites for hydroxylation is 2. The van der Waals surface area contributed by atoms with Crippen LogP contribution in [0.4, 0.5) is 5.88 Å². The smallest absolute Gasteiger partial charge is 0.230 e. The van der Waals surface area contributed by atoms with Crippen LogP contribution in [0, 0.1) is 6.92 Å². The molecule has 1 aromatic carbocycles. The average Bonchev–Trinajstić information content (AvgIpc) is 3.04. The molecule has 0 aliphatic heterocycles. The Morgan fingerprint density at radius 2 is 2.15 bits per heavy atom. The van der Waals surface area contributed by atoms with E-state index in [2.05, 4.69) is 42.6 Å². The number of hydrogen-bond acceptors (Lipinski definition) is 4. The lowest BCUT2D eigenvalue weighted by atomic mass is 10.0. The fraction of sp³-hybridized carbons (Fsp3) is 0.188. The van der Waals surface area contributed by atoms with E-state index in [0.717, 1.165) is 28.1 Å². The monoisotopic (exact) mass is 284 g/mol. The summed E-state index contributed by atoms with van der Waals surface area (Å²) in [6.07, 6.45) is 0.971. The quantitative estimate of drug-likeness (QED) is 0.769. The molecule has 0 radical (unpaired) electrons. The van der Waals surface area contributed by atoms with E-state index >= 15 is 0 Å². The average molecular weight is 284 g/mol. The highest BCUT2D eigenvalue weighted by molar-refractivity contribution is 7.13. The number of nitrogens with two attached hydrogens (primary N) is 1. The lowest BCUT2D eigenvalue weighted by molar-refractivity contribution is 0.439. The maximum Gasteiger partial charge on any atom is 0.230 e. The van der Waals surface area contributed by atoms with Gasteiger partial charge in [-0.1, -0.05) is 41.9 Å². The van der Waals surface area contributed by atoms with Crippen molar-refractivity contribution in [2.75, 3.05) is 5.73 Å². The minimum atomic E-state index is 0.376. The van der Waals surface area contributed by atoms with Crippen molar-refractivity contribution < 1.29 is 4.52 Å². The molecular formula is C16H16N2OS. The molecule has 0 saturated carbocycles. The first-order valence-corrected chi connectivity index (χ1v) is 7.47. The van der Waals surface area contributed by atoms with Crippen LogP contribution in [0.5, 0.6) is 0 Å². The van der Waals surface area contributed by atoms with Crippen LogP contribution in [0.1, 0.15) is 18.1 Å². The maximum absolute atomic E-state index is 6.00. The predicted molar refractivity (Wildman–Crippen MR) is 83.8 cm³/mol. The van der Waals surface area contributed by atoms with Gasteiger partial charge in [-0.2, -0.15) is 0 Å². The summed E-state index contributed by atoms with van der Waals surface area (Å²) in [5.41, 5.74) is 11.3. The second-order valence-corrected chi connectivity index (χ2v) is 5.68. The predicted octanol–water partition coefficient (Wildman–Crippen LogP) is 4.52. The summed E-state index contributed by atoms with van der Waals surface area (Å²) in [6, 6.07) is 10.4. The third-order valence-corrected chi connectivity index (χ3v) is 4.33. The summed E-state index contributed by atoms with van der Waals surface area (Å²) in [7, 11) is 0. The van der Waals surface area contributed by atoms with Crippen molar-refractivity contribution >= 4 is 17.2 Å². The number of nitrogens with zero attached hydrogens (tertiary/aromatic N) is 1. The van der Waals surface area contributed by atoms with Gasteiger partial charge in [0.05, 0.1) is 10.4 Å². The van der Waals surface area contributed by atoms with Gasteiger partial charge < -0.3 is 10.3 Å². The molecule has 4 heteroatoms. The van der Waals surface area contributed by atoms with Crippen LogP contribution >= 0.6 is 11.3 Å². The summed E-state index contributed by atoms with van der Waals surface area (Å²) < 4.78 is 5.25. The van der Waals surface area contributed by atoms with Gasteiger partial charge in [0.15, 0.2) is 0 Å². The molecule has 0 saturated heterocycles. The molecule has 0 unspecified atom stereocenters. The maximum atomic E-state index is 6.00. The van der Waals surface area contributed by atoms with Crippen LogP contribution in [0.15, 0.2) is 40.2 Å². The van der Waals surface area contributed by atoms with Gasteiger partial charge in [0.25, 0.3) is 0 Å². The van der Waals surface area contributed by atoms with Crippen LogP contribution in [0.25, 0.3) is 21.7 Å². The highest BCUT2D eigenvalue weighted by atomic mass is 32.1. The van der Waals surface area contributed by atoms with Crippen LogP contribution in [-0.4, -0.2) is 5.16 Å². The molecule has 20 heavy (non-hydrogen) atoms. The highest BCUT2D eigenvalue weighted by Crippen LogP contribution is 2.40. The van der Waals surface area contributed by atoms with E-state index in [1.807, 2.05) is 12.1 Å². The van der Waals surface area contributed by atoms with Crippen molar-refractivity contribution in [3.05, 3.63) is 46.8 Å². The lowest BCUT2D eigenvalue weighted by Crippen LogP contribution is -1.89. The molecule has 3 rings (SSSR count). The molecule has 2 heterocycles. The van der Waals surface area contributed by atoms with E-state index in [4.69, 9.17) is 10.3 Å². The van der Waals surface area contributed by atoms with Crippen LogP contribution in [0.2, 0.25) is 0 Å². The van der Waals surface area contributed by atoms with Crippen LogP contribution < -0.4 is 5.73 Å². The van der Waals surface area contributed by atoms with Gasteiger partial charge in [-0.05, 0) is 35.9 Å². The van der Waals surface area contributed by atoms with Gasteiger partial charge >= 0.3 is 0 Å². The number of aromatic nitrogens is 1. The SMILES string of the molecule is CCc1ccsc1-c1noc(N)c1-c1cccc(C)c1. The Bertz CT molecular complexity index is 743. The zero-order chi connectivity index (χ0) is 14.1. The normalized spacial score (nSPS) is 10.9. The molecule has 0 bridgehead atoms. The van der Waals surface area contributed by atoms with Crippen molar-refractivity contribution in [2.45, 2.75) is 20.3 Å². The Kier molecular flexibility index (Phi) is 3.32. The van der Waals surface area contributed by atoms with E-state index in [9.17, 15) is 0 Å². The Balaban J connectivity index is 2.20. The fourth-order valence-electron chi connectivity index (χ4n) is 2.36. The first-order valence-electron chi connectivity index (χ1n) is 6.59. The van der Waals surface area contributed by atoms with Gasteiger partial charge in [0, 0.05) is 0 Å². The number of anilines is 1. The van der Waals surface area contributed by atoms with E-state index in [1.54, 1.807) is 11.3 Å². The number of hydrogen-bond donors (Lipinski definition) is 1. The largest absolute Gasteiger partial charge is 0.367 e. The van der Waals surface area contributed by atoms with Crippen molar-refractivity contribution in [3.8, 4) is 21.7 Å². The molecule has 0 spiro atoms. The molecule has 2 N–H and O–H groups in total. The minimum Gasteiger partial charge on any atom is -0.367 e. The van der Waals surface area contributed by atoms with Gasteiger partial charge in [-0.3, -0.25) is 0 Å². The van der Waals surface area contributed by atoms with Gasteiger partial charge in [-0.15, -0.1) is 11.3 Å². The first kappa shape index (κ1) is 12.9. The summed E-state index contributed by atoms with van der Waals surface area (Å²) >= 11 is 1.68. The zero-order valence-electron chi connectivity index (χ0n) is 11.5. The second kappa shape index (κ2) is 5.13. The Morgan fingerprint density at radius 1 is 1.30 bits per heavy atom.